The standard InChI is InChI=1S/C16H30N2/c1-15(2,17)10-18(3)11-16-7-12-4-13(8-16)6-14(5-12)9-16/h12-14H,4-11,17H2,1-3H3. The fourth-order valence-corrected chi connectivity index (χ4v) is 5.81. The Morgan fingerprint density at radius 2 is 1.50 bits per heavy atom. The first kappa shape index (κ1) is 12.9. The van der Waals surface area contributed by atoms with E-state index >= 15 is 0 Å². The van der Waals surface area contributed by atoms with Gasteiger partial charge in [0.2, 0.25) is 0 Å². The molecule has 0 saturated heterocycles. The van der Waals surface area contributed by atoms with E-state index < -0.39 is 0 Å². The SMILES string of the molecule is CN(CC(C)(C)N)CC12CC3CC(CC(C3)C1)C2. The van der Waals surface area contributed by atoms with Gasteiger partial charge < -0.3 is 10.6 Å². The molecular weight excluding hydrogens is 220 g/mol. The number of hydrogen-bond donors (Lipinski definition) is 1. The maximum atomic E-state index is 6.16. The van der Waals surface area contributed by atoms with Gasteiger partial charge in [0.15, 0.2) is 0 Å². The summed E-state index contributed by atoms with van der Waals surface area (Å²) in [7, 11) is 2.27. The minimum Gasteiger partial charge on any atom is -0.324 e. The van der Waals surface area contributed by atoms with Crippen molar-refractivity contribution >= 4 is 0 Å². The van der Waals surface area contributed by atoms with Crippen LogP contribution in [0.2, 0.25) is 0 Å². The van der Waals surface area contributed by atoms with Crippen LogP contribution in [0.1, 0.15) is 52.4 Å². The van der Waals surface area contributed by atoms with Crippen LogP contribution in [-0.2, 0) is 0 Å². The molecule has 4 rings (SSSR count). The Bertz CT molecular complexity index is 280. The molecule has 0 radical (unpaired) electrons. The fourth-order valence-electron chi connectivity index (χ4n) is 5.81. The van der Waals surface area contributed by atoms with Crippen LogP contribution in [0.4, 0.5) is 0 Å². The van der Waals surface area contributed by atoms with Gasteiger partial charge in [-0.05, 0) is 82.6 Å². The monoisotopic (exact) mass is 250 g/mol. The molecule has 4 saturated carbocycles. The van der Waals surface area contributed by atoms with E-state index in [2.05, 4.69) is 25.8 Å². The van der Waals surface area contributed by atoms with Crippen LogP contribution >= 0.6 is 0 Å². The lowest BCUT2D eigenvalue weighted by Crippen LogP contribution is -2.53. The van der Waals surface area contributed by atoms with E-state index in [9.17, 15) is 0 Å². The maximum absolute atomic E-state index is 6.16. The second-order valence-electron chi connectivity index (χ2n) is 8.58. The van der Waals surface area contributed by atoms with Gasteiger partial charge in [0.25, 0.3) is 0 Å². The first-order valence-corrected chi connectivity index (χ1v) is 7.81. The predicted molar refractivity (Wildman–Crippen MR) is 76.4 cm³/mol. The molecule has 18 heavy (non-hydrogen) atoms. The molecule has 2 nitrogen and oxygen atoms in total. The molecule has 4 bridgehead atoms. The summed E-state index contributed by atoms with van der Waals surface area (Å²) in [5.41, 5.74) is 6.76. The van der Waals surface area contributed by atoms with Crippen molar-refractivity contribution in [3.63, 3.8) is 0 Å². The molecule has 2 heteroatoms. The highest BCUT2D eigenvalue weighted by molar-refractivity contribution is 5.02. The van der Waals surface area contributed by atoms with Crippen LogP contribution in [0.3, 0.4) is 0 Å². The zero-order valence-corrected chi connectivity index (χ0v) is 12.4. The molecule has 0 aromatic heterocycles. The molecule has 104 valence electrons. The van der Waals surface area contributed by atoms with Crippen molar-refractivity contribution in [2.24, 2.45) is 28.9 Å². The molecule has 0 aromatic carbocycles. The van der Waals surface area contributed by atoms with Gasteiger partial charge in [-0.25, -0.2) is 0 Å². The molecule has 0 spiro atoms. The summed E-state index contributed by atoms with van der Waals surface area (Å²) in [6.07, 6.45) is 9.17. The van der Waals surface area contributed by atoms with Crippen molar-refractivity contribution in [1.29, 1.82) is 0 Å². The minimum absolute atomic E-state index is 0.0585. The Hall–Kier alpha value is -0.0800. The number of nitrogens with two attached hydrogens (primary N) is 1. The number of rotatable bonds is 4. The smallest absolute Gasteiger partial charge is 0.0225 e. The molecule has 0 amide bonds. The topological polar surface area (TPSA) is 29.3 Å². The van der Waals surface area contributed by atoms with Gasteiger partial charge in [-0.2, -0.15) is 0 Å². The molecule has 4 aliphatic carbocycles. The van der Waals surface area contributed by atoms with Crippen molar-refractivity contribution in [2.45, 2.75) is 57.9 Å². The van der Waals surface area contributed by atoms with Crippen molar-refractivity contribution in [3.8, 4) is 0 Å². The van der Waals surface area contributed by atoms with Crippen LogP contribution in [0.15, 0.2) is 0 Å². The number of hydrogen-bond acceptors (Lipinski definition) is 2. The maximum Gasteiger partial charge on any atom is 0.0225 e. The van der Waals surface area contributed by atoms with Crippen LogP contribution in [0.25, 0.3) is 0 Å². The molecule has 4 aliphatic rings. The molecule has 2 N–H and O–H groups in total. The van der Waals surface area contributed by atoms with Gasteiger partial charge in [-0.15, -0.1) is 0 Å². The molecule has 4 fully saturated rings. The predicted octanol–water partition coefficient (Wildman–Crippen LogP) is 2.87. The molecule has 0 unspecified atom stereocenters. The lowest BCUT2D eigenvalue weighted by atomic mass is 9.49. The van der Waals surface area contributed by atoms with Crippen LogP contribution in [0.5, 0.6) is 0 Å². The quantitative estimate of drug-likeness (QED) is 0.831. The highest BCUT2D eigenvalue weighted by atomic mass is 15.1. The Kier molecular flexibility index (Phi) is 3.02. The minimum atomic E-state index is -0.0585. The van der Waals surface area contributed by atoms with Gasteiger partial charge >= 0.3 is 0 Å². The molecular formula is C16H30N2. The third-order valence-corrected chi connectivity index (χ3v) is 5.45. The number of likely N-dealkylation sites (N-methyl/N-ethyl adjacent to an activating group) is 1. The first-order chi connectivity index (χ1) is 8.34. The van der Waals surface area contributed by atoms with Crippen molar-refractivity contribution in [1.82, 2.24) is 4.90 Å². The van der Waals surface area contributed by atoms with Gasteiger partial charge in [-0.1, -0.05) is 0 Å². The largest absolute Gasteiger partial charge is 0.324 e. The summed E-state index contributed by atoms with van der Waals surface area (Å²) in [4.78, 5) is 2.51. The van der Waals surface area contributed by atoms with E-state index in [1.807, 2.05) is 0 Å². The summed E-state index contributed by atoms with van der Waals surface area (Å²) < 4.78 is 0. The lowest BCUT2D eigenvalue weighted by molar-refractivity contribution is -0.0674. The van der Waals surface area contributed by atoms with E-state index in [1.54, 1.807) is 19.3 Å². The van der Waals surface area contributed by atoms with E-state index in [-0.39, 0.29) is 5.54 Å². The molecule has 0 atom stereocenters. The summed E-state index contributed by atoms with van der Waals surface area (Å²) in [6, 6.07) is 0. The number of nitrogens with zero attached hydrogens (tertiary/aromatic N) is 1. The Morgan fingerprint density at radius 1 is 1.06 bits per heavy atom. The van der Waals surface area contributed by atoms with Gasteiger partial charge in [0.1, 0.15) is 0 Å². The zero-order valence-electron chi connectivity index (χ0n) is 12.4. The van der Waals surface area contributed by atoms with Crippen molar-refractivity contribution in [2.75, 3.05) is 20.1 Å². The van der Waals surface area contributed by atoms with Crippen molar-refractivity contribution in [3.05, 3.63) is 0 Å². The zero-order chi connectivity index (χ0) is 13.0. The average molecular weight is 250 g/mol. The highest BCUT2D eigenvalue weighted by Gasteiger charge is 2.51. The normalized spacial score (nSPS) is 42.8. The second-order valence-corrected chi connectivity index (χ2v) is 8.58. The summed E-state index contributed by atoms with van der Waals surface area (Å²) >= 11 is 0. The first-order valence-electron chi connectivity index (χ1n) is 7.81. The highest BCUT2D eigenvalue weighted by Crippen LogP contribution is 2.60. The average Bonchev–Trinajstić information content (AvgIpc) is 2.09. The third-order valence-electron chi connectivity index (χ3n) is 5.45. The summed E-state index contributed by atoms with van der Waals surface area (Å²) in [5, 5.41) is 0. The molecule has 0 aliphatic heterocycles. The third kappa shape index (κ3) is 2.60. The van der Waals surface area contributed by atoms with E-state index in [0.717, 1.165) is 24.3 Å². The molecule has 0 aromatic rings. The second kappa shape index (κ2) is 4.21. The van der Waals surface area contributed by atoms with E-state index in [0.29, 0.717) is 5.41 Å². The van der Waals surface area contributed by atoms with Crippen molar-refractivity contribution < 1.29 is 0 Å². The lowest BCUT2D eigenvalue weighted by Gasteiger charge is -2.58. The summed E-state index contributed by atoms with van der Waals surface area (Å²) in [5.74, 6) is 3.20. The molecule has 0 heterocycles. The van der Waals surface area contributed by atoms with E-state index in [4.69, 9.17) is 5.73 Å². The van der Waals surface area contributed by atoms with Gasteiger partial charge in [-0.3, -0.25) is 0 Å². The summed E-state index contributed by atoms with van der Waals surface area (Å²) in [6.45, 7) is 6.60. The van der Waals surface area contributed by atoms with Gasteiger partial charge in [0.05, 0.1) is 0 Å². The van der Waals surface area contributed by atoms with E-state index in [1.165, 1.54) is 25.8 Å². The van der Waals surface area contributed by atoms with Gasteiger partial charge in [0, 0.05) is 18.6 Å². The van der Waals surface area contributed by atoms with Crippen LogP contribution in [0, 0.1) is 23.2 Å². The Labute approximate surface area is 112 Å². The Balaban J connectivity index is 1.65. The Morgan fingerprint density at radius 3 is 1.89 bits per heavy atom. The van der Waals surface area contributed by atoms with Crippen LogP contribution < -0.4 is 5.73 Å². The van der Waals surface area contributed by atoms with Crippen LogP contribution in [-0.4, -0.2) is 30.6 Å². The fraction of sp³-hybridized carbons (Fsp3) is 1.00.